The summed E-state index contributed by atoms with van der Waals surface area (Å²) in [6.45, 7) is 6.03. The molecule has 6 rings (SSSR count). The van der Waals surface area contributed by atoms with Crippen LogP contribution in [0.4, 0.5) is 11.4 Å². The number of hydrogen-bond acceptors (Lipinski definition) is 8. The molecule has 0 saturated carbocycles. The molecule has 0 aliphatic rings. The summed E-state index contributed by atoms with van der Waals surface area (Å²) in [6.07, 6.45) is 4.52. The minimum atomic E-state index is -0.318. The molecule has 0 fully saturated rings. The molecule has 0 amide bonds. The molecule has 6 aromatic rings. The number of nitrogens with zero attached hydrogens (tertiary/aromatic N) is 6. The maximum Gasteiger partial charge on any atom is 0.223 e. The average molecular weight is 708 g/mol. The molecular weight excluding hydrogens is 675 g/mol. The SMILES string of the molecule is CC(C)(C)c1nn(-c2cccc(Cl)c2)c(O)c1C=Nc1ccccc1O.Oc1ccccc1N=Cc1cnn(-c2ccccc2)c1O.[Co]. The summed E-state index contributed by atoms with van der Waals surface area (Å²) >= 11 is 6.07. The van der Waals surface area contributed by atoms with Crippen LogP contribution in [0, 0.1) is 0 Å². The predicted molar refractivity (Wildman–Crippen MR) is 185 cm³/mol. The summed E-state index contributed by atoms with van der Waals surface area (Å²) in [5, 5.41) is 49.7. The topological polar surface area (TPSA) is 141 Å². The van der Waals surface area contributed by atoms with Crippen LogP contribution >= 0.6 is 11.6 Å². The quantitative estimate of drug-likeness (QED) is 0.129. The van der Waals surface area contributed by atoms with Gasteiger partial charge >= 0.3 is 0 Å². The van der Waals surface area contributed by atoms with Crippen molar-refractivity contribution in [3.63, 3.8) is 0 Å². The number of aliphatic imine (C=N–C) groups is 2. The molecular formula is C36H33ClCoN6O4. The number of aromatic nitrogens is 4. The molecule has 4 aromatic carbocycles. The Hall–Kier alpha value is -5.36. The van der Waals surface area contributed by atoms with Crippen molar-refractivity contribution in [3.8, 4) is 34.6 Å². The molecule has 12 heteroatoms. The first kappa shape index (κ1) is 35.5. The summed E-state index contributed by atoms with van der Waals surface area (Å²) < 4.78 is 2.87. The third-order valence-electron chi connectivity index (χ3n) is 6.87. The van der Waals surface area contributed by atoms with Crippen LogP contribution in [0.25, 0.3) is 11.4 Å². The summed E-state index contributed by atoms with van der Waals surface area (Å²) in [5.41, 5.74) is 3.62. The van der Waals surface area contributed by atoms with E-state index in [0.29, 0.717) is 38.9 Å². The van der Waals surface area contributed by atoms with E-state index in [2.05, 4.69) is 20.2 Å². The van der Waals surface area contributed by atoms with Gasteiger partial charge in [-0.25, -0.2) is 9.36 Å². The van der Waals surface area contributed by atoms with Crippen LogP contribution in [0.5, 0.6) is 23.3 Å². The number of phenolic OH excluding ortho intramolecular Hbond substituents is 2. The Morgan fingerprint density at radius 3 is 1.81 bits per heavy atom. The predicted octanol–water partition coefficient (Wildman–Crippen LogP) is 8.02. The zero-order valence-electron chi connectivity index (χ0n) is 26.2. The molecule has 2 aromatic heterocycles. The molecule has 0 atom stereocenters. The van der Waals surface area contributed by atoms with Gasteiger partial charge < -0.3 is 20.4 Å². The van der Waals surface area contributed by atoms with Crippen LogP contribution in [-0.4, -0.2) is 52.4 Å². The van der Waals surface area contributed by atoms with Gasteiger partial charge in [0.15, 0.2) is 0 Å². The fourth-order valence-electron chi connectivity index (χ4n) is 4.51. The van der Waals surface area contributed by atoms with E-state index in [-0.39, 0.29) is 45.5 Å². The minimum Gasteiger partial charge on any atom is -0.506 e. The Morgan fingerprint density at radius 1 is 0.667 bits per heavy atom. The molecule has 0 spiro atoms. The van der Waals surface area contributed by atoms with Gasteiger partial charge in [-0.3, -0.25) is 9.98 Å². The van der Waals surface area contributed by atoms with Crippen molar-refractivity contribution in [1.82, 2.24) is 19.6 Å². The van der Waals surface area contributed by atoms with Gasteiger partial charge in [0.05, 0.1) is 34.4 Å². The van der Waals surface area contributed by atoms with Gasteiger partial charge in [0.2, 0.25) is 11.8 Å². The van der Waals surface area contributed by atoms with Crippen LogP contribution in [0.1, 0.15) is 37.6 Å². The maximum absolute atomic E-state index is 10.8. The fraction of sp³-hybridized carbons (Fsp3) is 0.111. The van der Waals surface area contributed by atoms with Gasteiger partial charge in [-0.05, 0) is 54.6 Å². The van der Waals surface area contributed by atoms with Gasteiger partial charge in [-0.15, -0.1) is 0 Å². The summed E-state index contributed by atoms with van der Waals surface area (Å²) in [7, 11) is 0. The fourth-order valence-corrected chi connectivity index (χ4v) is 4.69. The monoisotopic (exact) mass is 707 g/mol. The van der Waals surface area contributed by atoms with Crippen molar-refractivity contribution in [3.05, 3.63) is 131 Å². The van der Waals surface area contributed by atoms with Crippen LogP contribution in [0.3, 0.4) is 0 Å². The molecule has 0 saturated heterocycles. The van der Waals surface area contributed by atoms with Gasteiger partial charge in [0.1, 0.15) is 22.9 Å². The molecule has 247 valence electrons. The number of phenols is 2. The number of aromatic hydroxyl groups is 4. The summed E-state index contributed by atoms with van der Waals surface area (Å²) in [6, 6.07) is 29.9. The van der Waals surface area contributed by atoms with E-state index in [9.17, 15) is 20.4 Å². The van der Waals surface area contributed by atoms with E-state index in [1.807, 2.05) is 57.2 Å². The summed E-state index contributed by atoms with van der Waals surface area (Å²) in [4.78, 5) is 8.48. The van der Waals surface area contributed by atoms with Crippen molar-refractivity contribution >= 4 is 35.4 Å². The largest absolute Gasteiger partial charge is 0.506 e. The van der Waals surface area contributed by atoms with Crippen molar-refractivity contribution in [2.75, 3.05) is 0 Å². The maximum atomic E-state index is 10.8. The van der Waals surface area contributed by atoms with Gasteiger partial charge in [0, 0.05) is 39.6 Å². The smallest absolute Gasteiger partial charge is 0.223 e. The third kappa shape index (κ3) is 8.31. The van der Waals surface area contributed by atoms with E-state index < -0.39 is 0 Å². The van der Waals surface area contributed by atoms with Crippen LogP contribution in [0.2, 0.25) is 5.02 Å². The molecule has 1 radical (unpaired) electrons. The molecule has 0 unspecified atom stereocenters. The van der Waals surface area contributed by atoms with Crippen molar-refractivity contribution < 1.29 is 37.2 Å². The molecule has 0 aliphatic heterocycles. The molecule has 10 nitrogen and oxygen atoms in total. The Morgan fingerprint density at radius 2 is 1.23 bits per heavy atom. The van der Waals surface area contributed by atoms with E-state index in [1.165, 1.54) is 28.0 Å². The first-order valence-electron chi connectivity index (χ1n) is 14.6. The first-order valence-corrected chi connectivity index (χ1v) is 15.0. The van der Waals surface area contributed by atoms with E-state index >= 15 is 0 Å². The van der Waals surface area contributed by atoms with Crippen LogP contribution in [-0.2, 0) is 22.2 Å². The Kier molecular flexibility index (Phi) is 11.4. The molecule has 48 heavy (non-hydrogen) atoms. The molecule has 2 heterocycles. The van der Waals surface area contributed by atoms with Gasteiger partial charge in [-0.1, -0.05) is 80.9 Å². The number of para-hydroxylation sites is 5. The summed E-state index contributed by atoms with van der Waals surface area (Å²) in [5.74, 6) is 0.128. The Bertz CT molecular complexity index is 2050. The van der Waals surface area contributed by atoms with E-state index in [1.54, 1.807) is 66.7 Å². The standard InChI is InChI=1S/C20H20ClN3O2.C16H13N3O2.Co/c1-20(2,3)18-15(12-22-16-9-4-5-10-17(16)25)19(26)24(23-18)14-8-6-7-13(21)11-14;20-15-9-5-4-8-14(15)17-10-12-11-18-19(16(12)21)13-6-2-1-3-7-13;/h4-12,25-26H,1-3H3;1-11,20-21H;. The number of rotatable bonds is 6. The Labute approximate surface area is 293 Å². The van der Waals surface area contributed by atoms with Crippen molar-refractivity contribution in [1.29, 1.82) is 0 Å². The average Bonchev–Trinajstić information content (AvgIpc) is 3.60. The van der Waals surface area contributed by atoms with Crippen molar-refractivity contribution in [2.45, 2.75) is 26.2 Å². The van der Waals surface area contributed by atoms with Crippen LogP contribution < -0.4 is 0 Å². The second kappa shape index (κ2) is 15.5. The zero-order valence-corrected chi connectivity index (χ0v) is 28.0. The van der Waals surface area contributed by atoms with Gasteiger partial charge in [-0.2, -0.15) is 10.2 Å². The molecule has 0 aliphatic carbocycles. The molecule has 0 bridgehead atoms. The Balaban J connectivity index is 0.000000217. The molecule has 4 N–H and O–H groups in total. The van der Waals surface area contributed by atoms with E-state index in [4.69, 9.17) is 11.6 Å². The minimum absolute atomic E-state index is 0. The van der Waals surface area contributed by atoms with Crippen LogP contribution in [0.15, 0.2) is 119 Å². The van der Waals surface area contributed by atoms with Gasteiger partial charge in [0.25, 0.3) is 0 Å². The van der Waals surface area contributed by atoms with E-state index in [0.717, 1.165) is 5.69 Å². The number of hydrogen-bond donors (Lipinski definition) is 4. The first-order chi connectivity index (χ1) is 22.5. The number of benzene rings is 4. The second-order valence-electron chi connectivity index (χ2n) is 11.4. The third-order valence-corrected chi connectivity index (χ3v) is 7.11. The second-order valence-corrected chi connectivity index (χ2v) is 11.8. The van der Waals surface area contributed by atoms with Crippen molar-refractivity contribution in [2.24, 2.45) is 9.98 Å². The zero-order chi connectivity index (χ0) is 33.6. The number of halogens is 1. The normalized spacial score (nSPS) is 11.3.